The van der Waals surface area contributed by atoms with E-state index >= 15 is 0 Å². The summed E-state index contributed by atoms with van der Waals surface area (Å²) in [6.07, 6.45) is 5.71. The molecule has 1 heterocycles. The average molecular weight is 435 g/mol. The zero-order chi connectivity index (χ0) is 16.8. The van der Waals surface area contributed by atoms with Gasteiger partial charge in [0.05, 0.1) is 19.2 Å². The molecule has 0 fully saturated rings. The molecule has 7 heteroatoms. The number of ketones is 2. The Morgan fingerprint density at radius 2 is 2.17 bits per heavy atom. The van der Waals surface area contributed by atoms with E-state index in [1.807, 2.05) is 10.9 Å². The molecule has 0 saturated heterocycles. The van der Waals surface area contributed by atoms with E-state index in [4.69, 9.17) is 0 Å². The predicted octanol–water partition coefficient (Wildman–Crippen LogP) is 1.70. The quantitative estimate of drug-likeness (QED) is 0.353. The smallest absolute Gasteiger partial charge is 1.00 e. The van der Waals surface area contributed by atoms with Crippen LogP contribution in [0.2, 0.25) is 0 Å². The van der Waals surface area contributed by atoms with Crippen molar-refractivity contribution in [2.24, 2.45) is 5.92 Å². The summed E-state index contributed by atoms with van der Waals surface area (Å²) in [5, 5.41) is 4.53. The van der Waals surface area contributed by atoms with E-state index < -0.39 is 0 Å². The maximum absolute atomic E-state index is 12.2. The summed E-state index contributed by atoms with van der Waals surface area (Å²) in [7, 11) is 1.38. The number of hydrogen-bond acceptors (Lipinski definition) is 5. The van der Waals surface area contributed by atoms with E-state index in [9.17, 15) is 14.4 Å². The van der Waals surface area contributed by atoms with Gasteiger partial charge in [0.25, 0.3) is 0 Å². The van der Waals surface area contributed by atoms with Crippen molar-refractivity contribution in [1.82, 2.24) is 9.78 Å². The van der Waals surface area contributed by atoms with Gasteiger partial charge in [0.1, 0.15) is 11.6 Å². The van der Waals surface area contributed by atoms with Crippen LogP contribution in [0.3, 0.4) is 0 Å². The summed E-state index contributed by atoms with van der Waals surface area (Å²) in [4.78, 5) is 34.7. The number of ether oxygens (including phenoxy) is 1. The molecule has 176 valence electrons. The van der Waals surface area contributed by atoms with E-state index in [-0.39, 0.29) is 117 Å². The average Bonchev–Trinajstić information content (AvgIpc) is 2.96. The zero-order valence-electron chi connectivity index (χ0n) is 39.8. The van der Waals surface area contributed by atoms with Crippen molar-refractivity contribution in [3.63, 3.8) is 0 Å². The number of hydrogen-bond donors (Lipinski definition) is 0. The number of aryl methyl sites for hydroxylation is 2. The molecule has 0 amide bonds. The normalized spacial score (nSPS) is 16.0. The molecule has 1 atom stereocenters. The molecule has 6 nitrogen and oxygen atoms in total. The first kappa shape index (κ1) is 21.7. The molecule has 0 saturated carbocycles. The molecule has 0 spiro atoms. The van der Waals surface area contributed by atoms with E-state index in [1.54, 1.807) is 6.92 Å². The summed E-state index contributed by atoms with van der Waals surface area (Å²) in [5.41, 5.74) is 2.13. The SMILES string of the molecule is CCC(=O)CC(=O)C1CCc2nn(CCCC(=O)OC)cc2C1.[3H-].[3H-].[3H-].[3H-].[3H-].[3H-].[3H-].[3H-].[3H-].[3H-].[3H-].[3H-].[3H-].[3H-].[3H-].[3H-].[3H-].[3H-].[3H-].[3H-].[3H-].[3H-].[3H-].[3H-].[3H-].[K+]. The third kappa shape index (κ3) is 6.18. The Hall–Kier alpha value is -0.344. The zero-order valence-corrected chi connectivity index (χ0v) is 18.0. The van der Waals surface area contributed by atoms with Gasteiger partial charge < -0.3 is 40.4 Å². The Morgan fingerprint density at radius 1 is 1.42 bits per heavy atom. The number of rotatable bonds is 8. The first-order valence-corrected chi connectivity index (χ1v) is 8.20. The number of aromatic nitrogens is 2. The van der Waals surface area contributed by atoms with E-state index in [0.717, 1.165) is 24.1 Å². The maximum Gasteiger partial charge on any atom is 1.00 e. The van der Waals surface area contributed by atoms with Crippen molar-refractivity contribution in [2.75, 3.05) is 7.11 Å². The summed E-state index contributed by atoms with van der Waals surface area (Å²) >= 11 is 0. The Bertz CT molecular complexity index is 646. The minimum Gasteiger partial charge on any atom is -1.00 e. The van der Waals surface area contributed by atoms with Crippen LogP contribution in [-0.4, -0.2) is 34.4 Å². The fourth-order valence-electron chi connectivity index (χ4n) is 2.90. The van der Waals surface area contributed by atoms with Crippen molar-refractivity contribution >= 4 is 17.5 Å². The van der Waals surface area contributed by atoms with Crippen LogP contribution in [0.5, 0.6) is 0 Å². The Balaban J connectivity index is -0.00000000963. The van der Waals surface area contributed by atoms with Crippen molar-refractivity contribution in [3.8, 4) is 0 Å². The minimum absolute atomic E-state index is 0. The van der Waals surface area contributed by atoms with Gasteiger partial charge in [0, 0.05) is 31.5 Å². The Kier molecular flexibility index (Phi) is 9.59. The van der Waals surface area contributed by atoms with Crippen LogP contribution in [0.15, 0.2) is 6.20 Å². The van der Waals surface area contributed by atoms with Gasteiger partial charge in [-0.05, 0) is 31.2 Å². The summed E-state index contributed by atoms with van der Waals surface area (Å²) in [5.74, 6) is -0.209. The van der Waals surface area contributed by atoms with Crippen LogP contribution < -0.4 is 51.4 Å². The molecule has 1 aliphatic carbocycles. The van der Waals surface area contributed by atoms with Crippen LogP contribution in [0, 0.1) is 5.92 Å². The summed E-state index contributed by atoms with van der Waals surface area (Å²) in [6.45, 7) is 2.45. The van der Waals surface area contributed by atoms with E-state index in [2.05, 4.69) is 9.84 Å². The van der Waals surface area contributed by atoms with Crippen molar-refractivity contribution in [2.45, 2.75) is 58.4 Å². The number of nitrogens with zero attached hydrogens (tertiary/aromatic N) is 2. The number of Topliss-reactive ketones (excluding diaryl/α,β-unsaturated/α-hetero) is 2. The standard InChI is InChI=1S/C17H24N2O4.K.25H/c1-3-14(20)10-16(21)12-6-7-15-13(9-12)11-19(18-15)8-4-5-17(22)23-2;;;;;;;;;;;;;;;;;;;;;;;;;;/h11-12H,3-10H2,1-2H3;;;;;;;;;;;;;;;;;;;;;;;;;;/q;+1;25*-1/i;;25*1+2. The number of carbonyl (C=O) groups is 3. The van der Waals surface area contributed by atoms with Gasteiger partial charge in [0.15, 0.2) is 0 Å². The van der Waals surface area contributed by atoms with Gasteiger partial charge in [-0.25, -0.2) is 0 Å². The Labute approximate surface area is 222 Å². The first-order valence-electron chi connectivity index (χ1n) is 8.20. The monoisotopic (exact) mass is 435 g/mol. The molecule has 1 aliphatic rings. The number of esters is 1. The predicted molar refractivity (Wildman–Crippen MR) is 112 cm³/mol. The Morgan fingerprint density at radius 3 is 2.83 bits per heavy atom. The molecule has 2 rings (SSSR count). The van der Waals surface area contributed by atoms with Gasteiger partial charge in [-0.15, -0.1) is 0 Å². The molecule has 0 aliphatic heterocycles. The minimum atomic E-state index is -0.215. The van der Waals surface area contributed by atoms with Gasteiger partial charge in [-0.2, -0.15) is 5.10 Å². The number of carbonyl (C=O) groups excluding carboxylic acids is 3. The summed E-state index contributed by atoms with van der Waals surface area (Å²) < 4.78 is 6.46. The molecule has 0 aromatic carbocycles. The third-order valence-electron chi connectivity index (χ3n) is 4.34. The molecule has 0 N–H and O–H groups in total. The van der Waals surface area contributed by atoms with Crippen LogP contribution in [0.1, 0.15) is 86.0 Å². The molecule has 1 aromatic rings. The fraction of sp³-hybridized carbons (Fsp3) is 0.647. The topological polar surface area (TPSA) is 78.3 Å². The molecule has 0 radical (unpaired) electrons. The second kappa shape index (κ2) is 10.6. The summed E-state index contributed by atoms with van der Waals surface area (Å²) in [6, 6.07) is 0. The molecule has 24 heavy (non-hydrogen) atoms. The van der Waals surface area contributed by atoms with Gasteiger partial charge in [-0.3, -0.25) is 19.1 Å². The molecule has 1 aromatic heterocycles. The molecule has 0 bridgehead atoms. The maximum atomic E-state index is 12.2. The number of methoxy groups -OCH3 is 1. The first-order chi connectivity index (χ1) is 11.0. The van der Waals surface area contributed by atoms with Gasteiger partial charge in [-0.1, -0.05) is 6.92 Å². The van der Waals surface area contributed by atoms with Crippen molar-refractivity contribution in [1.29, 1.82) is 0 Å². The van der Waals surface area contributed by atoms with Crippen molar-refractivity contribution < 1.29 is 106 Å². The third-order valence-corrected chi connectivity index (χ3v) is 4.34. The van der Waals surface area contributed by atoms with E-state index in [1.165, 1.54) is 7.11 Å². The van der Waals surface area contributed by atoms with Crippen LogP contribution in [-0.2, 0) is 38.5 Å². The van der Waals surface area contributed by atoms with Crippen LogP contribution in [0.4, 0.5) is 0 Å². The second-order valence-electron chi connectivity index (χ2n) is 6.02. The van der Waals surface area contributed by atoms with Crippen LogP contribution >= 0.6 is 0 Å². The molecule has 1 unspecified atom stereocenters. The largest absolute Gasteiger partial charge is 1.00 e. The van der Waals surface area contributed by atoms with Crippen molar-refractivity contribution in [3.05, 3.63) is 17.5 Å². The van der Waals surface area contributed by atoms with Gasteiger partial charge in [0.2, 0.25) is 0 Å². The molecular weight excluding hydrogens is 335 g/mol. The molecular formula is C17H49KN2O4-24. The number of fused-ring (bicyclic) bond motifs is 1. The van der Waals surface area contributed by atoms with Gasteiger partial charge >= 0.3 is 57.4 Å². The fourth-order valence-corrected chi connectivity index (χ4v) is 2.90. The van der Waals surface area contributed by atoms with E-state index in [0.29, 0.717) is 32.2 Å². The second-order valence-corrected chi connectivity index (χ2v) is 6.02. The van der Waals surface area contributed by atoms with Crippen LogP contribution in [0.25, 0.3) is 0 Å².